The van der Waals surface area contributed by atoms with E-state index in [1.165, 1.54) is 24.0 Å². The van der Waals surface area contributed by atoms with Crippen LogP contribution in [-0.4, -0.2) is 25.7 Å². The number of rotatable bonds is 6. The van der Waals surface area contributed by atoms with Gasteiger partial charge in [0.15, 0.2) is 5.82 Å². The molecule has 0 unspecified atom stereocenters. The molecule has 3 N–H and O–H groups in total. The van der Waals surface area contributed by atoms with Crippen molar-refractivity contribution in [2.45, 2.75) is 5.75 Å². The minimum atomic E-state index is -0.333. The lowest BCUT2D eigenvalue weighted by Gasteiger charge is -2.07. The van der Waals surface area contributed by atoms with Crippen LogP contribution in [-0.2, 0) is 10.5 Å². The number of thioether (sulfide) groups is 1. The Hall–Kier alpha value is -2.61. The third kappa shape index (κ3) is 4.18. The Morgan fingerprint density at radius 3 is 3.05 bits per heavy atom. The molecule has 108 valence electrons. The average Bonchev–Trinajstić information content (AvgIpc) is 3.01. The molecule has 0 aliphatic carbocycles. The topological polar surface area (TPSA) is 98.7 Å². The zero-order valence-electron chi connectivity index (χ0n) is 11.1. The van der Waals surface area contributed by atoms with Crippen LogP contribution in [0.25, 0.3) is 5.82 Å². The molecule has 0 radical (unpaired) electrons. The molecular weight excluding hydrogens is 288 g/mol. The fraction of sp³-hybridized carbons (Fsp3) is 0.0769. The molecule has 2 heterocycles. The first-order valence-corrected chi connectivity index (χ1v) is 7.07. The third-order valence-electron chi connectivity index (χ3n) is 2.32. The predicted molar refractivity (Wildman–Crippen MR) is 82.6 cm³/mol. The number of nitrogens with zero attached hydrogens (tertiary/aromatic N) is 4. The summed E-state index contributed by atoms with van der Waals surface area (Å²) < 4.78 is 1.60. The zero-order chi connectivity index (χ0) is 15.1. The van der Waals surface area contributed by atoms with Gasteiger partial charge in [0, 0.05) is 24.7 Å². The molecule has 0 atom stereocenters. The van der Waals surface area contributed by atoms with E-state index >= 15 is 0 Å². The van der Waals surface area contributed by atoms with Crippen molar-refractivity contribution in [2.75, 3.05) is 5.32 Å². The number of carbonyl (C=O) groups excluding carboxylic acids is 1. The zero-order valence-corrected chi connectivity index (χ0v) is 12.0. The summed E-state index contributed by atoms with van der Waals surface area (Å²) in [7, 11) is 0. The van der Waals surface area contributed by atoms with Crippen molar-refractivity contribution in [2.24, 2.45) is 5.73 Å². The largest absolute Gasteiger partial charge is 0.404 e. The normalized spacial score (nSPS) is 10.7. The highest BCUT2D eigenvalue weighted by molar-refractivity contribution is 8.01. The van der Waals surface area contributed by atoms with E-state index < -0.39 is 0 Å². The number of nitrogens with one attached hydrogen (secondary N) is 1. The quantitative estimate of drug-likeness (QED) is 0.784. The van der Waals surface area contributed by atoms with Crippen molar-refractivity contribution in [3.05, 3.63) is 54.6 Å². The van der Waals surface area contributed by atoms with Crippen LogP contribution < -0.4 is 11.1 Å². The van der Waals surface area contributed by atoms with E-state index in [9.17, 15) is 4.79 Å². The molecule has 0 aromatic carbocycles. The Morgan fingerprint density at radius 2 is 2.38 bits per heavy atom. The highest BCUT2D eigenvalue weighted by Crippen LogP contribution is 2.15. The molecule has 0 bridgehead atoms. The maximum Gasteiger partial charge on any atom is 0.248 e. The smallest absolute Gasteiger partial charge is 0.248 e. The van der Waals surface area contributed by atoms with E-state index in [0.717, 1.165) is 0 Å². The van der Waals surface area contributed by atoms with Gasteiger partial charge in [-0.05, 0) is 17.6 Å². The minimum absolute atomic E-state index is 0.333. The van der Waals surface area contributed by atoms with Gasteiger partial charge < -0.3 is 11.1 Å². The van der Waals surface area contributed by atoms with Crippen LogP contribution in [0.4, 0.5) is 5.82 Å². The molecule has 2 rings (SSSR count). The lowest BCUT2D eigenvalue weighted by molar-refractivity contribution is -0.111. The molecule has 0 aliphatic rings. The molecule has 2 aromatic heterocycles. The lowest BCUT2D eigenvalue weighted by atomic mass is 10.4. The van der Waals surface area contributed by atoms with E-state index in [1.54, 1.807) is 34.6 Å². The van der Waals surface area contributed by atoms with E-state index in [2.05, 4.69) is 27.0 Å². The molecule has 0 saturated carbocycles. The van der Waals surface area contributed by atoms with E-state index in [1.807, 2.05) is 0 Å². The molecule has 0 fully saturated rings. The summed E-state index contributed by atoms with van der Waals surface area (Å²) in [6.07, 6.45) is 6.04. The van der Waals surface area contributed by atoms with Gasteiger partial charge in [0.1, 0.15) is 11.6 Å². The van der Waals surface area contributed by atoms with Gasteiger partial charge in [-0.15, -0.1) is 11.8 Å². The molecule has 0 aliphatic heterocycles. The van der Waals surface area contributed by atoms with Gasteiger partial charge in [-0.3, -0.25) is 4.79 Å². The van der Waals surface area contributed by atoms with Crippen LogP contribution in [0.5, 0.6) is 0 Å². The van der Waals surface area contributed by atoms with Crippen LogP contribution in [0.2, 0.25) is 0 Å². The molecule has 1 amide bonds. The van der Waals surface area contributed by atoms with Crippen molar-refractivity contribution in [1.82, 2.24) is 19.7 Å². The Kier molecular flexibility index (Phi) is 5.10. The van der Waals surface area contributed by atoms with Crippen molar-refractivity contribution in [3.8, 4) is 5.82 Å². The summed E-state index contributed by atoms with van der Waals surface area (Å²) in [6, 6.07) is 3.43. The monoisotopic (exact) mass is 302 g/mol. The highest BCUT2D eigenvalue weighted by Gasteiger charge is 2.08. The first-order chi connectivity index (χ1) is 10.2. The first kappa shape index (κ1) is 14.8. The summed E-state index contributed by atoms with van der Waals surface area (Å²) >= 11 is 1.45. The van der Waals surface area contributed by atoms with Gasteiger partial charge in [-0.25, -0.2) is 14.6 Å². The van der Waals surface area contributed by atoms with Crippen LogP contribution in [0.1, 0.15) is 5.82 Å². The molecule has 21 heavy (non-hydrogen) atoms. The number of hydrogen-bond acceptors (Lipinski definition) is 6. The molecular formula is C13H14N6OS. The number of anilines is 1. The first-order valence-electron chi connectivity index (χ1n) is 6.02. The Morgan fingerprint density at radius 1 is 1.52 bits per heavy atom. The van der Waals surface area contributed by atoms with Gasteiger partial charge in [0.2, 0.25) is 5.91 Å². The lowest BCUT2D eigenvalue weighted by Crippen LogP contribution is -2.12. The number of carbonyl (C=O) groups is 1. The van der Waals surface area contributed by atoms with Gasteiger partial charge >= 0.3 is 0 Å². The number of hydrogen-bond donors (Lipinski definition) is 2. The second-order valence-corrected chi connectivity index (χ2v) is 4.71. The van der Waals surface area contributed by atoms with Crippen molar-refractivity contribution in [1.29, 1.82) is 0 Å². The Balaban J connectivity index is 2.31. The maximum absolute atomic E-state index is 11.4. The van der Waals surface area contributed by atoms with Crippen molar-refractivity contribution in [3.63, 3.8) is 0 Å². The van der Waals surface area contributed by atoms with Crippen molar-refractivity contribution >= 4 is 23.5 Å². The van der Waals surface area contributed by atoms with Crippen LogP contribution in [0.3, 0.4) is 0 Å². The predicted octanol–water partition coefficient (Wildman–Crippen LogP) is 1.45. The number of nitrogens with two attached hydrogens (primary N) is 1. The summed E-state index contributed by atoms with van der Waals surface area (Å²) in [5.74, 6) is 1.72. The summed E-state index contributed by atoms with van der Waals surface area (Å²) in [5.41, 5.74) is 5.29. The summed E-state index contributed by atoms with van der Waals surface area (Å²) in [4.78, 5) is 20.1. The van der Waals surface area contributed by atoms with Gasteiger partial charge in [-0.1, -0.05) is 6.58 Å². The molecule has 0 spiro atoms. The maximum atomic E-state index is 11.4. The molecule has 0 saturated heterocycles. The average molecular weight is 302 g/mol. The van der Waals surface area contributed by atoms with Gasteiger partial charge in [-0.2, -0.15) is 5.10 Å². The second-order valence-electron chi connectivity index (χ2n) is 3.81. The van der Waals surface area contributed by atoms with E-state index in [0.29, 0.717) is 23.2 Å². The molecule has 2 aromatic rings. The molecule has 7 nitrogen and oxygen atoms in total. The highest BCUT2D eigenvalue weighted by atomic mass is 32.2. The minimum Gasteiger partial charge on any atom is -0.404 e. The van der Waals surface area contributed by atoms with Crippen molar-refractivity contribution < 1.29 is 4.79 Å². The Bertz CT molecular complexity index is 653. The van der Waals surface area contributed by atoms with E-state index in [-0.39, 0.29) is 5.91 Å². The number of aromatic nitrogens is 4. The Labute approximate surface area is 126 Å². The van der Waals surface area contributed by atoms with Gasteiger partial charge in [0.05, 0.1) is 5.75 Å². The second kappa shape index (κ2) is 7.25. The fourth-order valence-electron chi connectivity index (χ4n) is 1.49. The van der Waals surface area contributed by atoms with Crippen LogP contribution in [0.15, 0.2) is 48.8 Å². The summed E-state index contributed by atoms with van der Waals surface area (Å²) in [6.45, 7) is 3.41. The molecule has 8 heteroatoms. The standard InChI is InChI=1S/C13H14N6OS/c1-2-13(20)18-10-8-12(19-6-3-5-15-19)17-11(16-10)9-21-7-4-14/h2-8H,1,9,14H2,(H,16,17,18,20)/b7-4-. The van der Waals surface area contributed by atoms with Gasteiger partial charge in [0.25, 0.3) is 0 Å². The number of amides is 1. The third-order valence-corrected chi connectivity index (χ3v) is 3.10. The van der Waals surface area contributed by atoms with Crippen LogP contribution >= 0.6 is 11.8 Å². The SMILES string of the molecule is C=CC(=O)Nc1cc(-n2cccn2)nc(CS/C=C\N)n1. The summed E-state index contributed by atoms with van der Waals surface area (Å²) in [5, 5.41) is 8.48. The van der Waals surface area contributed by atoms with Crippen LogP contribution in [0, 0.1) is 0 Å². The fourth-order valence-corrected chi connectivity index (χ4v) is 1.97. The van der Waals surface area contributed by atoms with E-state index in [4.69, 9.17) is 5.73 Å².